The molecule has 9 heteroatoms. The van der Waals surface area contributed by atoms with Crippen LogP contribution >= 0.6 is 0 Å². The van der Waals surface area contributed by atoms with Crippen LogP contribution in [-0.4, -0.2) is 54.6 Å². The van der Waals surface area contributed by atoms with Crippen LogP contribution in [0.5, 0.6) is 0 Å². The molecule has 0 radical (unpaired) electrons. The summed E-state index contributed by atoms with van der Waals surface area (Å²) in [7, 11) is -3.72. The van der Waals surface area contributed by atoms with Gasteiger partial charge < -0.3 is 4.90 Å². The molecule has 0 N–H and O–H groups in total. The minimum atomic E-state index is -3.72. The third-order valence-electron chi connectivity index (χ3n) is 3.96. The second kappa shape index (κ2) is 7.09. The monoisotopic (exact) mass is 369 g/mol. The van der Waals surface area contributed by atoms with Crippen LogP contribution in [0, 0.1) is 15.5 Å². The fourth-order valence-electron chi connectivity index (χ4n) is 2.63. The first kappa shape index (κ1) is 19.3. The van der Waals surface area contributed by atoms with Crippen LogP contribution in [-0.2, 0) is 14.8 Å². The van der Waals surface area contributed by atoms with Gasteiger partial charge in [0.15, 0.2) is 0 Å². The predicted molar refractivity (Wildman–Crippen MR) is 92.5 cm³/mol. The second-order valence-electron chi connectivity index (χ2n) is 7.27. The van der Waals surface area contributed by atoms with Crippen molar-refractivity contribution in [1.82, 2.24) is 9.21 Å². The summed E-state index contributed by atoms with van der Waals surface area (Å²) in [6.07, 6.45) is 0.419. The highest BCUT2D eigenvalue weighted by atomic mass is 32.2. The van der Waals surface area contributed by atoms with Gasteiger partial charge in [0.1, 0.15) is 0 Å². The molecular weight excluding hydrogens is 346 g/mol. The number of nitro benzene ring substituents is 1. The number of amides is 1. The average Bonchev–Trinajstić information content (AvgIpc) is 2.53. The van der Waals surface area contributed by atoms with Gasteiger partial charge >= 0.3 is 0 Å². The number of piperazine rings is 1. The molecule has 0 saturated carbocycles. The van der Waals surface area contributed by atoms with Crippen LogP contribution in [0.25, 0.3) is 0 Å². The van der Waals surface area contributed by atoms with Gasteiger partial charge in [0, 0.05) is 44.7 Å². The molecule has 1 heterocycles. The van der Waals surface area contributed by atoms with E-state index in [1.54, 1.807) is 4.90 Å². The number of rotatable bonds is 4. The molecule has 0 aliphatic carbocycles. The standard InChI is InChI=1S/C16H23N3O5S/c1-16(2,3)12-15(20)17-8-10-18(11-9-17)25(23,24)14-6-4-13(5-7-14)19(21)22/h4-7H,8-12H2,1-3H3. The summed E-state index contributed by atoms with van der Waals surface area (Å²) in [6, 6.07) is 4.83. The number of nitrogens with zero attached hydrogens (tertiary/aromatic N) is 3. The molecule has 138 valence electrons. The van der Waals surface area contributed by atoms with E-state index >= 15 is 0 Å². The smallest absolute Gasteiger partial charge is 0.269 e. The molecule has 8 nitrogen and oxygen atoms in total. The van der Waals surface area contributed by atoms with Gasteiger partial charge in [0.05, 0.1) is 9.82 Å². The predicted octanol–water partition coefficient (Wildman–Crippen LogP) is 1.86. The topological polar surface area (TPSA) is 101 Å². The van der Waals surface area contributed by atoms with E-state index < -0.39 is 14.9 Å². The molecule has 0 spiro atoms. The largest absolute Gasteiger partial charge is 0.340 e. The first-order valence-electron chi connectivity index (χ1n) is 8.03. The summed E-state index contributed by atoms with van der Waals surface area (Å²) in [5.74, 6) is 0.0277. The molecule has 0 unspecified atom stereocenters. The van der Waals surface area contributed by atoms with E-state index in [0.29, 0.717) is 19.5 Å². The number of hydrogen-bond acceptors (Lipinski definition) is 5. The number of benzene rings is 1. The average molecular weight is 369 g/mol. The Labute approximate surface area is 147 Å². The van der Waals surface area contributed by atoms with Crippen LogP contribution in [0.3, 0.4) is 0 Å². The fraction of sp³-hybridized carbons (Fsp3) is 0.562. The van der Waals surface area contributed by atoms with Gasteiger partial charge in [-0.3, -0.25) is 14.9 Å². The molecule has 1 aromatic carbocycles. The Morgan fingerprint density at radius 2 is 1.64 bits per heavy atom. The highest BCUT2D eigenvalue weighted by Crippen LogP contribution is 2.23. The van der Waals surface area contributed by atoms with Crippen molar-refractivity contribution in [1.29, 1.82) is 0 Å². The second-order valence-corrected chi connectivity index (χ2v) is 9.21. The van der Waals surface area contributed by atoms with E-state index in [4.69, 9.17) is 0 Å². The molecule has 2 rings (SSSR count). The maximum Gasteiger partial charge on any atom is 0.269 e. The number of carbonyl (C=O) groups is 1. The Balaban J connectivity index is 2.03. The first-order chi connectivity index (χ1) is 11.5. The fourth-order valence-corrected chi connectivity index (χ4v) is 4.05. The summed E-state index contributed by atoms with van der Waals surface area (Å²) >= 11 is 0. The van der Waals surface area contributed by atoms with Crippen molar-refractivity contribution in [2.75, 3.05) is 26.2 Å². The third-order valence-corrected chi connectivity index (χ3v) is 5.87. The summed E-state index contributed by atoms with van der Waals surface area (Å²) in [5, 5.41) is 10.7. The highest BCUT2D eigenvalue weighted by Gasteiger charge is 2.31. The van der Waals surface area contributed by atoms with Gasteiger partial charge in [-0.15, -0.1) is 0 Å². The van der Waals surface area contributed by atoms with Gasteiger partial charge in [0.2, 0.25) is 15.9 Å². The van der Waals surface area contributed by atoms with E-state index in [-0.39, 0.29) is 35.0 Å². The Hall–Kier alpha value is -2.00. The number of non-ortho nitro benzene ring substituents is 1. The maximum atomic E-state index is 12.6. The summed E-state index contributed by atoms with van der Waals surface area (Å²) in [5.41, 5.74) is -0.268. The lowest BCUT2D eigenvalue weighted by molar-refractivity contribution is -0.384. The number of nitro groups is 1. The number of sulfonamides is 1. The van der Waals surface area contributed by atoms with Gasteiger partial charge in [-0.2, -0.15) is 4.31 Å². The van der Waals surface area contributed by atoms with Crippen LogP contribution in [0.4, 0.5) is 5.69 Å². The molecule has 1 aliphatic rings. The number of hydrogen-bond donors (Lipinski definition) is 0. The first-order valence-corrected chi connectivity index (χ1v) is 9.47. The summed E-state index contributed by atoms with van der Waals surface area (Å²) < 4.78 is 26.6. The van der Waals surface area contributed by atoms with E-state index in [9.17, 15) is 23.3 Å². The van der Waals surface area contributed by atoms with Crippen molar-refractivity contribution >= 4 is 21.6 Å². The molecule has 25 heavy (non-hydrogen) atoms. The molecule has 0 atom stereocenters. The zero-order chi connectivity index (χ0) is 18.8. The van der Waals surface area contributed by atoms with Crippen LogP contribution in [0.1, 0.15) is 27.2 Å². The molecule has 1 fully saturated rings. The summed E-state index contributed by atoms with van der Waals surface area (Å²) in [4.78, 5) is 24.0. The SMILES string of the molecule is CC(C)(C)CC(=O)N1CCN(S(=O)(=O)c2ccc([N+](=O)[O-])cc2)CC1. The van der Waals surface area contributed by atoms with Gasteiger partial charge in [-0.25, -0.2) is 8.42 Å². The van der Waals surface area contributed by atoms with Gasteiger partial charge in [0.25, 0.3) is 5.69 Å². The van der Waals surface area contributed by atoms with Crippen molar-refractivity contribution < 1.29 is 18.1 Å². The van der Waals surface area contributed by atoms with Crippen molar-refractivity contribution in [2.45, 2.75) is 32.1 Å². The molecular formula is C16H23N3O5S. The minimum Gasteiger partial charge on any atom is -0.340 e. The van der Waals surface area contributed by atoms with E-state index in [2.05, 4.69) is 0 Å². The lowest BCUT2D eigenvalue weighted by atomic mass is 9.91. The Bertz CT molecular complexity index is 745. The molecule has 1 saturated heterocycles. The normalized spacial score (nSPS) is 16.7. The van der Waals surface area contributed by atoms with Crippen molar-refractivity contribution in [3.63, 3.8) is 0 Å². The lowest BCUT2D eigenvalue weighted by Gasteiger charge is -2.35. The Morgan fingerprint density at radius 1 is 1.12 bits per heavy atom. The van der Waals surface area contributed by atoms with E-state index in [1.807, 2.05) is 20.8 Å². The molecule has 1 aromatic rings. The van der Waals surface area contributed by atoms with Gasteiger partial charge in [-0.05, 0) is 17.5 Å². The molecule has 0 aromatic heterocycles. The zero-order valence-electron chi connectivity index (χ0n) is 14.6. The highest BCUT2D eigenvalue weighted by molar-refractivity contribution is 7.89. The van der Waals surface area contributed by atoms with Crippen molar-refractivity contribution in [3.05, 3.63) is 34.4 Å². The molecule has 1 amide bonds. The van der Waals surface area contributed by atoms with Crippen molar-refractivity contribution in [3.8, 4) is 0 Å². The number of carbonyl (C=O) groups excluding carboxylic acids is 1. The van der Waals surface area contributed by atoms with E-state index in [0.717, 1.165) is 0 Å². The van der Waals surface area contributed by atoms with E-state index in [1.165, 1.54) is 28.6 Å². The minimum absolute atomic E-state index is 0.0209. The molecule has 1 aliphatic heterocycles. The molecule has 0 bridgehead atoms. The van der Waals surface area contributed by atoms with Crippen LogP contribution in [0.2, 0.25) is 0 Å². The lowest BCUT2D eigenvalue weighted by Crippen LogP contribution is -2.50. The Morgan fingerprint density at radius 3 is 2.08 bits per heavy atom. The quantitative estimate of drug-likeness (QED) is 0.596. The summed E-state index contributed by atoms with van der Waals surface area (Å²) in [6.45, 7) is 7.09. The maximum absolute atomic E-state index is 12.6. The van der Waals surface area contributed by atoms with Crippen LogP contribution in [0.15, 0.2) is 29.2 Å². The van der Waals surface area contributed by atoms with Gasteiger partial charge in [-0.1, -0.05) is 20.8 Å². The Kier molecular flexibility index (Phi) is 5.48. The van der Waals surface area contributed by atoms with Crippen LogP contribution < -0.4 is 0 Å². The third kappa shape index (κ3) is 4.76. The zero-order valence-corrected chi connectivity index (χ0v) is 15.5. The van der Waals surface area contributed by atoms with Crippen molar-refractivity contribution in [2.24, 2.45) is 5.41 Å².